The van der Waals surface area contributed by atoms with Crippen LogP contribution in [0.4, 0.5) is 8.78 Å². The lowest BCUT2D eigenvalue weighted by Gasteiger charge is -2.27. The molecule has 1 aromatic carbocycles. The van der Waals surface area contributed by atoms with E-state index in [1.165, 1.54) is 12.1 Å². The number of benzene rings is 1. The van der Waals surface area contributed by atoms with E-state index in [9.17, 15) is 13.6 Å². The SMILES string of the molecule is CCC(C)CN1C(=O)C(CC)NC1c1ccc(F)cc1F. The van der Waals surface area contributed by atoms with Gasteiger partial charge in [0.1, 0.15) is 17.8 Å². The molecule has 1 saturated heterocycles. The van der Waals surface area contributed by atoms with Crippen LogP contribution < -0.4 is 5.32 Å². The molecule has 5 heteroatoms. The van der Waals surface area contributed by atoms with Gasteiger partial charge in [0.25, 0.3) is 0 Å². The molecule has 1 aromatic rings. The highest BCUT2D eigenvalue weighted by atomic mass is 19.1. The Morgan fingerprint density at radius 1 is 1.33 bits per heavy atom. The zero-order chi connectivity index (χ0) is 15.6. The van der Waals surface area contributed by atoms with Gasteiger partial charge < -0.3 is 4.90 Å². The Labute approximate surface area is 124 Å². The molecule has 116 valence electrons. The molecule has 1 heterocycles. The maximum absolute atomic E-state index is 14.0. The van der Waals surface area contributed by atoms with Crippen molar-refractivity contribution in [2.75, 3.05) is 6.54 Å². The van der Waals surface area contributed by atoms with Crippen molar-refractivity contribution >= 4 is 5.91 Å². The molecule has 3 nitrogen and oxygen atoms in total. The van der Waals surface area contributed by atoms with E-state index in [0.29, 0.717) is 24.4 Å². The minimum Gasteiger partial charge on any atom is -0.321 e. The van der Waals surface area contributed by atoms with Crippen LogP contribution in [0.25, 0.3) is 0 Å². The number of rotatable bonds is 5. The number of hydrogen-bond acceptors (Lipinski definition) is 2. The summed E-state index contributed by atoms with van der Waals surface area (Å²) in [6.45, 7) is 6.61. The molecule has 21 heavy (non-hydrogen) atoms. The average molecular weight is 296 g/mol. The molecule has 1 N–H and O–H groups in total. The quantitative estimate of drug-likeness (QED) is 0.905. The molecule has 0 aliphatic carbocycles. The highest BCUT2D eigenvalue weighted by molar-refractivity contribution is 5.84. The van der Waals surface area contributed by atoms with Crippen LogP contribution in [0.1, 0.15) is 45.3 Å². The second kappa shape index (κ2) is 6.52. The summed E-state index contributed by atoms with van der Waals surface area (Å²) >= 11 is 0. The van der Waals surface area contributed by atoms with E-state index >= 15 is 0 Å². The van der Waals surface area contributed by atoms with Gasteiger partial charge in [0.2, 0.25) is 5.91 Å². The summed E-state index contributed by atoms with van der Waals surface area (Å²) in [6, 6.07) is 3.20. The standard InChI is InChI=1S/C16H22F2N2O/c1-4-10(3)9-20-15(19-14(5-2)16(20)21)12-7-6-11(17)8-13(12)18/h6-8,10,14-15,19H,4-5,9H2,1-3H3. The maximum Gasteiger partial charge on any atom is 0.241 e. The van der Waals surface area contributed by atoms with Crippen molar-refractivity contribution in [3.05, 3.63) is 35.4 Å². The third-order valence-corrected chi connectivity index (χ3v) is 4.12. The molecule has 0 bridgehead atoms. The first-order valence-corrected chi connectivity index (χ1v) is 7.49. The largest absolute Gasteiger partial charge is 0.321 e. The van der Waals surface area contributed by atoms with Crippen molar-refractivity contribution in [1.29, 1.82) is 0 Å². The number of halogens is 2. The van der Waals surface area contributed by atoms with Gasteiger partial charge in [0.05, 0.1) is 6.04 Å². The van der Waals surface area contributed by atoms with Gasteiger partial charge in [-0.15, -0.1) is 0 Å². The van der Waals surface area contributed by atoms with Crippen LogP contribution >= 0.6 is 0 Å². The van der Waals surface area contributed by atoms with Gasteiger partial charge in [0.15, 0.2) is 0 Å². The van der Waals surface area contributed by atoms with Gasteiger partial charge in [0, 0.05) is 18.2 Å². The Morgan fingerprint density at radius 3 is 2.62 bits per heavy atom. The van der Waals surface area contributed by atoms with E-state index in [1.54, 1.807) is 4.90 Å². The topological polar surface area (TPSA) is 32.3 Å². The lowest BCUT2D eigenvalue weighted by atomic mass is 10.1. The van der Waals surface area contributed by atoms with Crippen molar-refractivity contribution in [3.8, 4) is 0 Å². The molecule has 0 saturated carbocycles. The van der Waals surface area contributed by atoms with Crippen molar-refractivity contribution < 1.29 is 13.6 Å². The number of hydrogen-bond donors (Lipinski definition) is 1. The van der Waals surface area contributed by atoms with Gasteiger partial charge >= 0.3 is 0 Å². The van der Waals surface area contributed by atoms with Crippen LogP contribution in [0.5, 0.6) is 0 Å². The summed E-state index contributed by atoms with van der Waals surface area (Å²) in [6.07, 6.45) is 1.07. The van der Waals surface area contributed by atoms with Gasteiger partial charge in [-0.05, 0) is 24.5 Å². The minimum atomic E-state index is -0.619. The molecule has 0 aromatic heterocycles. The lowest BCUT2D eigenvalue weighted by Crippen LogP contribution is -2.34. The number of carbonyl (C=O) groups excluding carboxylic acids is 1. The Balaban J connectivity index is 2.31. The molecule has 1 aliphatic rings. The fourth-order valence-electron chi connectivity index (χ4n) is 2.61. The van der Waals surface area contributed by atoms with Crippen LogP contribution in [-0.2, 0) is 4.79 Å². The summed E-state index contributed by atoms with van der Waals surface area (Å²) in [5.41, 5.74) is 0.323. The molecule has 1 fully saturated rings. The third-order valence-electron chi connectivity index (χ3n) is 4.12. The predicted molar refractivity (Wildman–Crippen MR) is 77.5 cm³/mol. The molecule has 0 radical (unpaired) electrons. The fraction of sp³-hybridized carbons (Fsp3) is 0.562. The minimum absolute atomic E-state index is 0.00785. The van der Waals surface area contributed by atoms with Gasteiger partial charge in [-0.25, -0.2) is 8.78 Å². The van der Waals surface area contributed by atoms with Crippen molar-refractivity contribution in [1.82, 2.24) is 10.2 Å². The van der Waals surface area contributed by atoms with Crippen molar-refractivity contribution in [3.63, 3.8) is 0 Å². The molecule has 1 amide bonds. The highest BCUT2D eigenvalue weighted by Crippen LogP contribution is 2.29. The molecular formula is C16H22F2N2O. The number of carbonyl (C=O) groups is 1. The first-order chi connectivity index (χ1) is 9.97. The van der Waals surface area contributed by atoms with Crippen LogP contribution in [0.3, 0.4) is 0 Å². The summed E-state index contributed by atoms with van der Waals surface area (Å²) in [5.74, 6) is -0.906. The van der Waals surface area contributed by atoms with E-state index in [-0.39, 0.29) is 11.9 Å². The molecule has 3 unspecified atom stereocenters. The van der Waals surface area contributed by atoms with Crippen LogP contribution in [0.2, 0.25) is 0 Å². The van der Waals surface area contributed by atoms with E-state index in [4.69, 9.17) is 0 Å². The fourth-order valence-corrected chi connectivity index (χ4v) is 2.61. The predicted octanol–water partition coefficient (Wildman–Crippen LogP) is 3.22. The van der Waals surface area contributed by atoms with Crippen LogP contribution in [0.15, 0.2) is 18.2 Å². The van der Waals surface area contributed by atoms with E-state index in [2.05, 4.69) is 19.2 Å². The molecule has 2 rings (SSSR count). The summed E-state index contributed by atoms with van der Waals surface area (Å²) in [5, 5.41) is 3.16. The van der Waals surface area contributed by atoms with Crippen LogP contribution in [-0.4, -0.2) is 23.4 Å². The van der Waals surface area contributed by atoms with Gasteiger partial charge in [-0.3, -0.25) is 10.1 Å². The van der Waals surface area contributed by atoms with E-state index in [1.807, 2.05) is 6.92 Å². The third kappa shape index (κ3) is 3.23. The van der Waals surface area contributed by atoms with Crippen LogP contribution in [0, 0.1) is 17.6 Å². The van der Waals surface area contributed by atoms with Gasteiger partial charge in [-0.1, -0.05) is 27.2 Å². The first-order valence-electron chi connectivity index (χ1n) is 7.49. The monoisotopic (exact) mass is 296 g/mol. The number of nitrogens with zero attached hydrogens (tertiary/aromatic N) is 1. The lowest BCUT2D eigenvalue weighted by molar-refractivity contribution is -0.130. The molecule has 3 atom stereocenters. The highest BCUT2D eigenvalue weighted by Gasteiger charge is 2.39. The summed E-state index contributed by atoms with van der Waals surface area (Å²) in [7, 11) is 0. The Hall–Kier alpha value is -1.49. The Morgan fingerprint density at radius 2 is 2.05 bits per heavy atom. The second-order valence-electron chi connectivity index (χ2n) is 5.70. The first kappa shape index (κ1) is 15.9. The summed E-state index contributed by atoms with van der Waals surface area (Å²) in [4.78, 5) is 14.1. The maximum atomic E-state index is 14.0. The summed E-state index contributed by atoms with van der Waals surface area (Å²) < 4.78 is 27.1. The molecular weight excluding hydrogens is 274 g/mol. The number of nitrogens with one attached hydrogen (secondary N) is 1. The normalized spacial score (nSPS) is 23.7. The Bertz CT molecular complexity index is 521. The molecule has 1 aliphatic heterocycles. The zero-order valence-corrected chi connectivity index (χ0v) is 12.7. The smallest absolute Gasteiger partial charge is 0.241 e. The van der Waals surface area contributed by atoms with Crippen molar-refractivity contribution in [2.45, 2.75) is 45.8 Å². The Kier molecular flexibility index (Phi) is 4.93. The zero-order valence-electron chi connectivity index (χ0n) is 12.7. The van der Waals surface area contributed by atoms with Gasteiger partial charge in [-0.2, -0.15) is 0 Å². The van der Waals surface area contributed by atoms with E-state index < -0.39 is 17.8 Å². The molecule has 0 spiro atoms. The number of amides is 1. The second-order valence-corrected chi connectivity index (χ2v) is 5.70. The van der Waals surface area contributed by atoms with Crippen molar-refractivity contribution in [2.24, 2.45) is 5.92 Å². The average Bonchev–Trinajstić information content (AvgIpc) is 2.76. The van der Waals surface area contributed by atoms with E-state index in [0.717, 1.165) is 12.5 Å².